The van der Waals surface area contributed by atoms with Gasteiger partial charge >= 0.3 is 0 Å². The van der Waals surface area contributed by atoms with Gasteiger partial charge < -0.3 is 0 Å². The van der Waals surface area contributed by atoms with Crippen LogP contribution in [-0.2, 0) is 0 Å². The first-order valence-corrected chi connectivity index (χ1v) is 16.2. The number of pyridine rings is 1. The first-order valence-electron chi connectivity index (χ1n) is 16.2. The summed E-state index contributed by atoms with van der Waals surface area (Å²) in [4.78, 5) is 15.4. The molecule has 48 heavy (non-hydrogen) atoms. The van der Waals surface area contributed by atoms with Crippen LogP contribution in [0.3, 0.4) is 0 Å². The van der Waals surface area contributed by atoms with Gasteiger partial charge in [-0.25, -0.2) is 15.0 Å². The summed E-state index contributed by atoms with van der Waals surface area (Å²) in [5, 5.41) is 11.6. The highest BCUT2D eigenvalue weighted by molar-refractivity contribution is 6.07. The summed E-state index contributed by atoms with van der Waals surface area (Å²) in [5.74, 6) is 0. The Bertz CT molecular complexity index is 2350. The van der Waals surface area contributed by atoms with E-state index >= 15 is 0 Å². The monoisotopic (exact) mass is 616 g/mol. The maximum Gasteiger partial charge on any atom is 0.0991 e. The van der Waals surface area contributed by atoms with Crippen LogP contribution in [0.2, 0.25) is 0 Å². The molecule has 6 aromatic carbocycles. The van der Waals surface area contributed by atoms with Crippen molar-refractivity contribution in [3.05, 3.63) is 163 Å². The molecule has 0 atom stereocenters. The summed E-state index contributed by atoms with van der Waals surface area (Å²) in [6, 6.07) is 55.6. The number of nitriles is 1. The van der Waals surface area contributed by atoms with E-state index in [1.807, 2.05) is 98.8 Å². The topological polar surface area (TPSA) is 62.5 Å². The van der Waals surface area contributed by atoms with Gasteiger partial charge in [-0.2, -0.15) is 5.26 Å². The third kappa shape index (κ3) is 5.82. The largest absolute Gasteiger partial charge is 0.248 e. The quantitative estimate of drug-likeness (QED) is 0.193. The molecule has 0 unspecified atom stereocenters. The number of hydrogen-bond acceptors (Lipinski definition) is 4. The van der Waals surface area contributed by atoms with Gasteiger partial charge in [-0.3, -0.25) is 0 Å². The number of hydrogen-bond donors (Lipinski definition) is 0. The molecule has 0 aliphatic heterocycles. The van der Waals surface area contributed by atoms with E-state index in [4.69, 9.17) is 15.0 Å². The fourth-order valence-corrected chi connectivity index (χ4v) is 6.05. The molecule has 4 nitrogen and oxygen atoms in total. The molecule has 8 aromatic rings. The van der Waals surface area contributed by atoms with Crippen molar-refractivity contribution >= 4 is 21.8 Å². The third-order valence-electron chi connectivity index (χ3n) is 8.31. The fourth-order valence-electron chi connectivity index (χ4n) is 6.05. The van der Waals surface area contributed by atoms with Gasteiger partial charge in [0, 0.05) is 22.3 Å². The highest BCUT2D eigenvalue weighted by atomic mass is 14.8. The zero-order valence-electron chi connectivity index (χ0n) is 26.8. The van der Waals surface area contributed by atoms with Gasteiger partial charge in [0.05, 0.1) is 45.4 Å². The molecular weight excluding hydrogens is 585 g/mol. The summed E-state index contributed by atoms with van der Waals surface area (Å²) in [6.45, 7) is 4.00. The summed E-state index contributed by atoms with van der Waals surface area (Å²) >= 11 is 0. The number of nitrogens with zero attached hydrogens (tertiary/aromatic N) is 4. The first-order chi connectivity index (χ1) is 23.7. The second-order valence-electron chi connectivity index (χ2n) is 11.2. The van der Waals surface area contributed by atoms with E-state index in [1.54, 1.807) is 0 Å². The normalized spacial score (nSPS) is 10.7. The van der Waals surface area contributed by atoms with E-state index in [-0.39, 0.29) is 0 Å². The summed E-state index contributed by atoms with van der Waals surface area (Å²) in [7, 11) is 0. The highest BCUT2D eigenvalue weighted by Gasteiger charge is 2.18. The Morgan fingerprint density at radius 2 is 0.896 bits per heavy atom. The van der Waals surface area contributed by atoms with Crippen molar-refractivity contribution in [2.75, 3.05) is 0 Å². The van der Waals surface area contributed by atoms with Crippen LogP contribution in [0.15, 0.2) is 158 Å². The molecule has 0 aliphatic carbocycles. The van der Waals surface area contributed by atoms with Crippen molar-refractivity contribution in [3.63, 3.8) is 0 Å². The van der Waals surface area contributed by atoms with Crippen molar-refractivity contribution in [2.24, 2.45) is 0 Å². The lowest BCUT2D eigenvalue weighted by Crippen LogP contribution is -1.97. The van der Waals surface area contributed by atoms with Gasteiger partial charge in [0.2, 0.25) is 0 Å². The van der Waals surface area contributed by atoms with Gasteiger partial charge in [-0.15, -0.1) is 0 Å². The minimum absolute atomic E-state index is 0.607. The Labute approximate surface area is 280 Å². The summed E-state index contributed by atoms with van der Waals surface area (Å²) in [5.41, 5.74) is 11.9. The predicted octanol–water partition coefficient (Wildman–Crippen LogP) is 11.4. The molecule has 0 aliphatic rings. The molecule has 0 saturated carbocycles. The van der Waals surface area contributed by atoms with Crippen molar-refractivity contribution in [3.8, 4) is 62.2 Å². The molecule has 0 bridgehead atoms. The number of rotatable bonds is 5. The molecule has 2 heterocycles. The molecule has 8 rings (SSSR count). The average molecular weight is 617 g/mol. The maximum absolute atomic E-state index is 9.39. The Morgan fingerprint density at radius 1 is 0.417 bits per heavy atom. The van der Waals surface area contributed by atoms with E-state index in [0.717, 1.165) is 78.0 Å². The number of para-hydroxylation sites is 2. The van der Waals surface area contributed by atoms with E-state index in [1.165, 1.54) is 0 Å². The number of benzene rings is 6. The number of fused-ring (bicyclic) bond motifs is 2. The van der Waals surface area contributed by atoms with Crippen molar-refractivity contribution < 1.29 is 0 Å². The molecule has 0 N–H and O–H groups in total. The molecule has 0 fully saturated rings. The van der Waals surface area contributed by atoms with Crippen molar-refractivity contribution in [2.45, 2.75) is 13.8 Å². The minimum Gasteiger partial charge on any atom is -0.248 e. The first kappa shape index (κ1) is 30.2. The molecule has 0 saturated heterocycles. The molecule has 0 radical (unpaired) electrons. The van der Waals surface area contributed by atoms with E-state index in [2.05, 4.69) is 78.9 Å². The molecule has 2 aromatic heterocycles. The highest BCUT2D eigenvalue weighted by Crippen LogP contribution is 2.40. The fraction of sp³-hybridized carbons (Fsp3) is 0.0455. The van der Waals surface area contributed by atoms with Gasteiger partial charge in [0.25, 0.3) is 0 Å². The van der Waals surface area contributed by atoms with Crippen LogP contribution in [0.25, 0.3) is 78.0 Å². The third-order valence-corrected chi connectivity index (χ3v) is 8.31. The van der Waals surface area contributed by atoms with Gasteiger partial charge in [-0.05, 0) is 58.3 Å². The lowest BCUT2D eigenvalue weighted by molar-refractivity contribution is 1.29. The Balaban J connectivity index is 0.00000179. The van der Waals surface area contributed by atoms with Crippen LogP contribution in [0.5, 0.6) is 0 Å². The van der Waals surface area contributed by atoms with Gasteiger partial charge in [0.1, 0.15) is 0 Å². The van der Waals surface area contributed by atoms with Crippen molar-refractivity contribution in [1.82, 2.24) is 15.0 Å². The Morgan fingerprint density at radius 3 is 1.46 bits per heavy atom. The molecule has 0 spiro atoms. The summed E-state index contributed by atoms with van der Waals surface area (Å²) in [6.07, 6.45) is 0. The number of aromatic nitrogens is 3. The minimum atomic E-state index is 0.607. The molecule has 0 amide bonds. The van der Waals surface area contributed by atoms with E-state index in [0.29, 0.717) is 5.56 Å². The molecule has 4 heteroatoms. The van der Waals surface area contributed by atoms with Gasteiger partial charge in [0.15, 0.2) is 0 Å². The second kappa shape index (κ2) is 13.5. The van der Waals surface area contributed by atoms with Crippen LogP contribution in [0, 0.1) is 11.3 Å². The second-order valence-corrected chi connectivity index (χ2v) is 11.2. The van der Waals surface area contributed by atoms with Gasteiger partial charge in [-0.1, -0.05) is 135 Å². The lowest BCUT2D eigenvalue weighted by atomic mass is 9.91. The van der Waals surface area contributed by atoms with Crippen LogP contribution in [-0.4, -0.2) is 15.0 Å². The van der Waals surface area contributed by atoms with E-state index in [9.17, 15) is 5.26 Å². The lowest BCUT2D eigenvalue weighted by Gasteiger charge is -2.16. The SMILES string of the molecule is CC.N#Cc1ccc(-c2nc3ccccc3nc2-c2ccc(-c3cc(-c4ccccc4)nc(-c4ccccc4)c3)c3ccccc23)cc1. The van der Waals surface area contributed by atoms with Crippen LogP contribution < -0.4 is 0 Å². The predicted molar refractivity (Wildman–Crippen MR) is 198 cm³/mol. The zero-order valence-corrected chi connectivity index (χ0v) is 26.8. The molecule has 228 valence electrons. The van der Waals surface area contributed by atoms with Crippen LogP contribution in [0.4, 0.5) is 0 Å². The standard InChI is InChI=1S/C42H26N4.C2H6/c43-27-28-19-21-31(22-20-28)41-42(46-38-18-10-9-17-37(38)45-41)36-24-23-33(34-15-7-8-16-35(34)36)32-25-39(29-11-3-1-4-12-29)44-40(26-32)30-13-5-2-6-14-30;1-2/h1-26H;1-2H3. The Hall–Kier alpha value is -6.44. The van der Waals surface area contributed by atoms with Crippen LogP contribution in [0.1, 0.15) is 19.4 Å². The van der Waals surface area contributed by atoms with Crippen molar-refractivity contribution in [1.29, 1.82) is 5.26 Å². The van der Waals surface area contributed by atoms with Crippen LogP contribution >= 0.6 is 0 Å². The zero-order chi connectivity index (χ0) is 32.9. The Kier molecular flexibility index (Phi) is 8.50. The average Bonchev–Trinajstić information content (AvgIpc) is 3.18. The smallest absolute Gasteiger partial charge is 0.0991 e. The molecular formula is C44H32N4. The summed E-state index contributed by atoms with van der Waals surface area (Å²) < 4.78 is 0. The van der Waals surface area contributed by atoms with E-state index < -0.39 is 0 Å². The maximum atomic E-state index is 9.39.